The van der Waals surface area contributed by atoms with E-state index in [9.17, 15) is 4.79 Å². The molecule has 1 heterocycles. The quantitative estimate of drug-likeness (QED) is 0.724. The van der Waals surface area contributed by atoms with Crippen LogP contribution in [0.1, 0.15) is 33.0 Å². The summed E-state index contributed by atoms with van der Waals surface area (Å²) >= 11 is 0. The molecule has 2 aromatic carbocycles. The van der Waals surface area contributed by atoms with Crippen molar-refractivity contribution in [2.45, 2.75) is 20.4 Å². The summed E-state index contributed by atoms with van der Waals surface area (Å²) in [4.78, 5) is 21.1. The van der Waals surface area contributed by atoms with Gasteiger partial charge in [-0.25, -0.2) is 9.97 Å². The van der Waals surface area contributed by atoms with Crippen molar-refractivity contribution in [2.75, 3.05) is 10.6 Å². The van der Waals surface area contributed by atoms with Crippen LogP contribution < -0.4 is 10.6 Å². The van der Waals surface area contributed by atoms with Gasteiger partial charge in [-0.05, 0) is 31.5 Å². The van der Waals surface area contributed by atoms with E-state index in [-0.39, 0.29) is 11.6 Å². The fraction of sp³-hybridized carbons (Fsp3) is 0.143. The summed E-state index contributed by atoms with van der Waals surface area (Å²) in [5, 5.41) is 15.1. The maximum atomic E-state index is 12.6. The Balaban J connectivity index is 1.76. The highest BCUT2D eigenvalue weighted by atomic mass is 16.1. The van der Waals surface area contributed by atoms with Crippen LogP contribution in [0.15, 0.2) is 54.6 Å². The van der Waals surface area contributed by atoms with Crippen molar-refractivity contribution in [2.24, 2.45) is 0 Å². The van der Waals surface area contributed by atoms with Crippen LogP contribution in [-0.2, 0) is 6.54 Å². The molecule has 0 radical (unpaired) electrons. The number of nitrogens with zero attached hydrogens (tertiary/aromatic N) is 3. The third-order valence-electron chi connectivity index (χ3n) is 3.92. The number of para-hydroxylation sites is 1. The number of benzene rings is 2. The molecule has 3 aromatic rings. The van der Waals surface area contributed by atoms with Gasteiger partial charge in [0.05, 0.1) is 11.3 Å². The number of aryl methyl sites for hydroxylation is 2. The Morgan fingerprint density at radius 2 is 1.89 bits per heavy atom. The molecule has 0 aliphatic heterocycles. The number of nitrogens with one attached hydrogen (secondary N) is 2. The minimum Gasteiger partial charge on any atom is -0.366 e. The van der Waals surface area contributed by atoms with Crippen LogP contribution in [0.4, 0.5) is 11.5 Å². The number of rotatable bonds is 5. The van der Waals surface area contributed by atoms with Gasteiger partial charge in [-0.15, -0.1) is 0 Å². The Labute approximate surface area is 157 Å². The molecule has 0 aliphatic rings. The van der Waals surface area contributed by atoms with E-state index in [0.29, 0.717) is 29.4 Å². The van der Waals surface area contributed by atoms with E-state index >= 15 is 0 Å². The Morgan fingerprint density at radius 1 is 1.07 bits per heavy atom. The number of hydrogen-bond acceptors (Lipinski definition) is 5. The molecule has 0 saturated heterocycles. The highest BCUT2D eigenvalue weighted by molar-refractivity contribution is 6.03. The molecule has 0 fully saturated rings. The summed E-state index contributed by atoms with van der Waals surface area (Å²) in [6, 6.07) is 18.7. The van der Waals surface area contributed by atoms with Crippen molar-refractivity contribution in [3.05, 3.63) is 82.8 Å². The molecule has 0 spiro atoms. The van der Waals surface area contributed by atoms with Gasteiger partial charge in [0.15, 0.2) is 0 Å². The van der Waals surface area contributed by atoms with Gasteiger partial charge in [0.1, 0.15) is 23.4 Å². The van der Waals surface area contributed by atoms with E-state index in [1.54, 1.807) is 37.3 Å². The lowest BCUT2D eigenvalue weighted by Gasteiger charge is -2.10. The minimum absolute atomic E-state index is 0.238. The number of aromatic nitrogens is 2. The summed E-state index contributed by atoms with van der Waals surface area (Å²) in [5.74, 6) is 0.674. The van der Waals surface area contributed by atoms with Crippen molar-refractivity contribution in [1.29, 1.82) is 5.26 Å². The topological polar surface area (TPSA) is 90.7 Å². The molecule has 6 heteroatoms. The average molecular weight is 357 g/mol. The van der Waals surface area contributed by atoms with Gasteiger partial charge in [-0.3, -0.25) is 4.79 Å². The monoisotopic (exact) mass is 357 g/mol. The molecule has 1 aromatic heterocycles. The second-order valence-corrected chi connectivity index (χ2v) is 6.14. The molecule has 0 bridgehead atoms. The van der Waals surface area contributed by atoms with E-state index in [1.165, 1.54) is 5.56 Å². The first-order chi connectivity index (χ1) is 13.0. The van der Waals surface area contributed by atoms with Crippen molar-refractivity contribution < 1.29 is 4.79 Å². The first kappa shape index (κ1) is 18.1. The van der Waals surface area contributed by atoms with Crippen molar-refractivity contribution in [3.63, 3.8) is 0 Å². The minimum atomic E-state index is -0.387. The van der Waals surface area contributed by atoms with E-state index in [1.807, 2.05) is 25.1 Å². The summed E-state index contributed by atoms with van der Waals surface area (Å²) in [5.41, 5.74) is 3.40. The van der Waals surface area contributed by atoms with Gasteiger partial charge >= 0.3 is 0 Å². The Hall–Kier alpha value is -3.72. The molecule has 134 valence electrons. The lowest BCUT2D eigenvalue weighted by molar-refractivity contribution is 0.102. The molecule has 27 heavy (non-hydrogen) atoms. The smallest absolute Gasteiger partial charge is 0.274 e. The third kappa shape index (κ3) is 4.67. The molecular formula is C21H19N5O. The third-order valence-corrected chi connectivity index (χ3v) is 3.92. The van der Waals surface area contributed by atoms with Crippen LogP contribution in [0.2, 0.25) is 0 Å². The zero-order valence-electron chi connectivity index (χ0n) is 15.2. The molecule has 0 saturated carbocycles. The maximum Gasteiger partial charge on any atom is 0.274 e. The molecule has 3 rings (SSSR count). The summed E-state index contributed by atoms with van der Waals surface area (Å²) in [6.45, 7) is 4.37. The second kappa shape index (κ2) is 8.11. The van der Waals surface area contributed by atoms with Crippen LogP contribution in [0, 0.1) is 25.2 Å². The van der Waals surface area contributed by atoms with Gasteiger partial charge < -0.3 is 10.6 Å². The van der Waals surface area contributed by atoms with Crippen molar-refractivity contribution in [1.82, 2.24) is 9.97 Å². The number of carbonyl (C=O) groups is 1. The average Bonchev–Trinajstić information content (AvgIpc) is 2.66. The van der Waals surface area contributed by atoms with Gasteiger partial charge in [-0.1, -0.05) is 42.0 Å². The predicted octanol–water partition coefficient (Wildman–Crippen LogP) is 3.83. The standard InChI is InChI=1S/C21H19N5O/c1-14-6-5-7-16(10-14)13-23-20-11-19(24-15(2)25-20)21(27)26-18-9-4-3-8-17(18)12-22/h3-11H,13H2,1-2H3,(H,26,27)(H,23,24,25). The number of nitriles is 1. The Bertz CT molecular complexity index is 1020. The molecular weight excluding hydrogens is 338 g/mol. The van der Waals surface area contributed by atoms with E-state index in [2.05, 4.69) is 32.7 Å². The normalized spacial score (nSPS) is 10.1. The maximum absolute atomic E-state index is 12.6. The van der Waals surface area contributed by atoms with E-state index in [4.69, 9.17) is 5.26 Å². The number of hydrogen-bond donors (Lipinski definition) is 2. The lowest BCUT2D eigenvalue weighted by atomic mass is 10.1. The van der Waals surface area contributed by atoms with Crippen LogP contribution in [0.3, 0.4) is 0 Å². The summed E-state index contributed by atoms with van der Waals surface area (Å²) in [7, 11) is 0. The molecule has 0 unspecified atom stereocenters. The number of amides is 1. The van der Waals surface area contributed by atoms with Gasteiger partial charge in [0.25, 0.3) is 5.91 Å². The highest BCUT2D eigenvalue weighted by Gasteiger charge is 2.12. The first-order valence-electron chi connectivity index (χ1n) is 8.51. The van der Waals surface area contributed by atoms with Crippen LogP contribution in [0.5, 0.6) is 0 Å². The SMILES string of the molecule is Cc1cccc(CNc2cc(C(=O)Nc3ccccc3C#N)nc(C)n2)c1. The predicted molar refractivity (Wildman–Crippen MR) is 104 cm³/mol. The number of anilines is 2. The largest absolute Gasteiger partial charge is 0.366 e. The molecule has 0 aliphatic carbocycles. The van der Waals surface area contributed by atoms with Crippen LogP contribution in [0.25, 0.3) is 0 Å². The number of carbonyl (C=O) groups excluding carboxylic acids is 1. The second-order valence-electron chi connectivity index (χ2n) is 6.14. The van der Waals surface area contributed by atoms with Crippen LogP contribution in [-0.4, -0.2) is 15.9 Å². The molecule has 1 amide bonds. The van der Waals surface area contributed by atoms with Crippen molar-refractivity contribution in [3.8, 4) is 6.07 Å². The Kier molecular flexibility index (Phi) is 5.43. The van der Waals surface area contributed by atoms with Gasteiger partial charge in [0, 0.05) is 12.6 Å². The zero-order valence-corrected chi connectivity index (χ0v) is 15.2. The van der Waals surface area contributed by atoms with Gasteiger partial charge in [-0.2, -0.15) is 5.26 Å². The molecule has 6 nitrogen and oxygen atoms in total. The lowest BCUT2D eigenvalue weighted by Crippen LogP contribution is -2.16. The molecule has 2 N–H and O–H groups in total. The van der Waals surface area contributed by atoms with Crippen LogP contribution >= 0.6 is 0 Å². The first-order valence-corrected chi connectivity index (χ1v) is 8.51. The zero-order chi connectivity index (χ0) is 19.2. The summed E-state index contributed by atoms with van der Waals surface area (Å²) in [6.07, 6.45) is 0. The van der Waals surface area contributed by atoms with E-state index in [0.717, 1.165) is 5.56 Å². The van der Waals surface area contributed by atoms with E-state index < -0.39 is 0 Å². The fourth-order valence-electron chi connectivity index (χ4n) is 2.67. The van der Waals surface area contributed by atoms with Gasteiger partial charge in [0.2, 0.25) is 0 Å². The molecule has 0 atom stereocenters. The summed E-state index contributed by atoms with van der Waals surface area (Å²) < 4.78 is 0. The highest BCUT2D eigenvalue weighted by Crippen LogP contribution is 2.16. The van der Waals surface area contributed by atoms with Crippen molar-refractivity contribution >= 4 is 17.4 Å². The fourth-order valence-corrected chi connectivity index (χ4v) is 2.67. The Morgan fingerprint density at radius 3 is 2.67 bits per heavy atom.